The lowest BCUT2D eigenvalue weighted by molar-refractivity contribution is -0.123. The standard InChI is InChI=1S/C21H25FN2O2/c1-14(2)19(24-20(25)18-7-5-4-6-15(18)3)21(26)23-13-12-16-8-10-17(22)11-9-16/h4-11,14,19H,12-13H2,1-3H3,(H,23,26)(H,24,25). The molecule has 0 aliphatic carbocycles. The summed E-state index contributed by atoms with van der Waals surface area (Å²) in [5, 5.41) is 5.68. The first-order valence-electron chi connectivity index (χ1n) is 8.77. The zero-order valence-corrected chi connectivity index (χ0v) is 15.4. The molecule has 0 aliphatic heterocycles. The molecule has 26 heavy (non-hydrogen) atoms. The number of hydrogen-bond donors (Lipinski definition) is 2. The van der Waals surface area contributed by atoms with Gasteiger partial charge in [-0.2, -0.15) is 0 Å². The predicted molar refractivity (Wildman–Crippen MR) is 100 cm³/mol. The lowest BCUT2D eigenvalue weighted by Crippen LogP contribution is -2.50. The maximum atomic E-state index is 12.9. The molecule has 0 spiro atoms. The van der Waals surface area contributed by atoms with E-state index in [1.807, 2.05) is 32.9 Å². The van der Waals surface area contributed by atoms with Crippen molar-refractivity contribution in [2.45, 2.75) is 33.2 Å². The average Bonchev–Trinajstić information content (AvgIpc) is 2.61. The summed E-state index contributed by atoms with van der Waals surface area (Å²) >= 11 is 0. The van der Waals surface area contributed by atoms with Gasteiger partial charge in [0, 0.05) is 12.1 Å². The van der Waals surface area contributed by atoms with Crippen molar-refractivity contribution in [2.24, 2.45) is 5.92 Å². The molecule has 2 aromatic carbocycles. The van der Waals surface area contributed by atoms with E-state index < -0.39 is 6.04 Å². The van der Waals surface area contributed by atoms with Crippen LogP contribution in [-0.2, 0) is 11.2 Å². The van der Waals surface area contributed by atoms with Gasteiger partial charge in [0.15, 0.2) is 0 Å². The molecule has 0 saturated carbocycles. The number of nitrogens with one attached hydrogen (secondary N) is 2. The second-order valence-electron chi connectivity index (χ2n) is 6.68. The van der Waals surface area contributed by atoms with Gasteiger partial charge < -0.3 is 10.6 Å². The molecule has 1 unspecified atom stereocenters. The number of benzene rings is 2. The van der Waals surface area contributed by atoms with Crippen LogP contribution in [0.1, 0.15) is 35.3 Å². The summed E-state index contributed by atoms with van der Waals surface area (Å²) < 4.78 is 12.9. The van der Waals surface area contributed by atoms with E-state index in [9.17, 15) is 14.0 Å². The molecule has 4 nitrogen and oxygen atoms in total. The van der Waals surface area contributed by atoms with Crippen molar-refractivity contribution in [3.8, 4) is 0 Å². The maximum Gasteiger partial charge on any atom is 0.252 e. The van der Waals surface area contributed by atoms with Crippen LogP contribution in [0.15, 0.2) is 48.5 Å². The third-order valence-corrected chi connectivity index (χ3v) is 4.25. The van der Waals surface area contributed by atoms with E-state index in [2.05, 4.69) is 10.6 Å². The number of carbonyl (C=O) groups is 2. The summed E-state index contributed by atoms with van der Waals surface area (Å²) in [4.78, 5) is 25.0. The molecule has 0 fully saturated rings. The van der Waals surface area contributed by atoms with Crippen LogP contribution in [0, 0.1) is 18.7 Å². The minimum atomic E-state index is -0.615. The molecular formula is C21H25FN2O2. The van der Waals surface area contributed by atoms with Crippen molar-refractivity contribution in [3.05, 3.63) is 71.0 Å². The van der Waals surface area contributed by atoms with Gasteiger partial charge in [-0.1, -0.05) is 44.2 Å². The Morgan fingerprint density at radius 1 is 1.04 bits per heavy atom. The molecule has 138 valence electrons. The number of hydrogen-bond acceptors (Lipinski definition) is 2. The molecule has 2 N–H and O–H groups in total. The second-order valence-corrected chi connectivity index (χ2v) is 6.68. The number of amides is 2. The summed E-state index contributed by atoms with van der Waals surface area (Å²) in [5.74, 6) is -0.801. The molecular weight excluding hydrogens is 331 g/mol. The van der Waals surface area contributed by atoms with Gasteiger partial charge in [-0.15, -0.1) is 0 Å². The summed E-state index contributed by atoms with van der Waals surface area (Å²) in [6.07, 6.45) is 0.600. The van der Waals surface area contributed by atoms with Crippen LogP contribution in [0.4, 0.5) is 4.39 Å². The van der Waals surface area contributed by atoms with Crippen LogP contribution in [0.3, 0.4) is 0 Å². The SMILES string of the molecule is Cc1ccccc1C(=O)NC(C(=O)NCCc1ccc(F)cc1)C(C)C. The molecule has 5 heteroatoms. The van der Waals surface area contributed by atoms with Crippen molar-refractivity contribution < 1.29 is 14.0 Å². The van der Waals surface area contributed by atoms with Gasteiger partial charge in [-0.25, -0.2) is 4.39 Å². The summed E-state index contributed by atoms with van der Waals surface area (Å²) in [6, 6.07) is 12.9. The number of rotatable bonds is 7. The largest absolute Gasteiger partial charge is 0.354 e. The summed E-state index contributed by atoms with van der Waals surface area (Å²) in [7, 11) is 0. The van der Waals surface area contributed by atoms with Crippen molar-refractivity contribution in [1.29, 1.82) is 0 Å². The molecule has 2 rings (SSSR count). The van der Waals surface area contributed by atoms with Crippen molar-refractivity contribution in [1.82, 2.24) is 10.6 Å². The Morgan fingerprint density at radius 3 is 2.31 bits per heavy atom. The minimum Gasteiger partial charge on any atom is -0.354 e. The topological polar surface area (TPSA) is 58.2 Å². The Kier molecular flexibility index (Phi) is 6.89. The van der Waals surface area contributed by atoms with E-state index in [1.165, 1.54) is 12.1 Å². The third-order valence-electron chi connectivity index (χ3n) is 4.25. The monoisotopic (exact) mass is 356 g/mol. The van der Waals surface area contributed by atoms with E-state index in [0.717, 1.165) is 11.1 Å². The fourth-order valence-electron chi connectivity index (χ4n) is 2.67. The van der Waals surface area contributed by atoms with Crippen LogP contribution in [-0.4, -0.2) is 24.4 Å². The normalized spacial score (nSPS) is 11.9. The first kappa shape index (κ1) is 19.6. The fraction of sp³-hybridized carbons (Fsp3) is 0.333. The Morgan fingerprint density at radius 2 is 1.69 bits per heavy atom. The first-order valence-corrected chi connectivity index (χ1v) is 8.77. The first-order chi connectivity index (χ1) is 12.4. The van der Waals surface area contributed by atoms with Gasteiger partial charge in [0.1, 0.15) is 11.9 Å². The quantitative estimate of drug-likeness (QED) is 0.800. The second kappa shape index (κ2) is 9.13. The van der Waals surface area contributed by atoms with E-state index in [4.69, 9.17) is 0 Å². The highest BCUT2D eigenvalue weighted by Gasteiger charge is 2.24. The van der Waals surface area contributed by atoms with Gasteiger partial charge in [0.25, 0.3) is 5.91 Å². The Balaban J connectivity index is 1.93. The summed E-state index contributed by atoms with van der Waals surface area (Å²) in [5.41, 5.74) is 2.37. The van der Waals surface area contributed by atoms with Crippen LogP contribution in [0.2, 0.25) is 0 Å². The van der Waals surface area contributed by atoms with Gasteiger partial charge in [0.05, 0.1) is 0 Å². The Hall–Kier alpha value is -2.69. The number of halogens is 1. The van der Waals surface area contributed by atoms with Crippen molar-refractivity contribution in [2.75, 3.05) is 6.54 Å². The van der Waals surface area contributed by atoms with Gasteiger partial charge in [0.2, 0.25) is 5.91 Å². The molecule has 0 radical (unpaired) electrons. The zero-order chi connectivity index (χ0) is 19.1. The smallest absolute Gasteiger partial charge is 0.252 e. The maximum absolute atomic E-state index is 12.9. The molecule has 2 aromatic rings. The molecule has 0 aromatic heterocycles. The van der Waals surface area contributed by atoms with E-state index in [0.29, 0.717) is 18.5 Å². The van der Waals surface area contributed by atoms with Crippen LogP contribution in [0.25, 0.3) is 0 Å². The highest BCUT2D eigenvalue weighted by Crippen LogP contribution is 2.09. The third kappa shape index (κ3) is 5.41. The predicted octanol–water partition coefficient (Wildman–Crippen LogP) is 3.25. The molecule has 1 atom stereocenters. The molecule has 0 heterocycles. The van der Waals surface area contributed by atoms with Crippen molar-refractivity contribution in [3.63, 3.8) is 0 Å². The van der Waals surface area contributed by atoms with Gasteiger partial charge >= 0.3 is 0 Å². The van der Waals surface area contributed by atoms with E-state index in [1.54, 1.807) is 24.3 Å². The number of aryl methyl sites for hydroxylation is 1. The Labute approximate surface area is 153 Å². The molecule has 0 aliphatic rings. The molecule has 0 saturated heterocycles. The van der Waals surface area contributed by atoms with Crippen LogP contribution < -0.4 is 10.6 Å². The van der Waals surface area contributed by atoms with Gasteiger partial charge in [-0.05, 0) is 48.6 Å². The van der Waals surface area contributed by atoms with Crippen LogP contribution >= 0.6 is 0 Å². The lowest BCUT2D eigenvalue weighted by atomic mass is 10.0. The van der Waals surface area contributed by atoms with E-state index in [-0.39, 0.29) is 23.5 Å². The fourth-order valence-corrected chi connectivity index (χ4v) is 2.67. The van der Waals surface area contributed by atoms with Gasteiger partial charge in [-0.3, -0.25) is 9.59 Å². The minimum absolute atomic E-state index is 0.0474. The Bertz CT molecular complexity index is 757. The zero-order valence-electron chi connectivity index (χ0n) is 15.4. The molecule has 0 bridgehead atoms. The average molecular weight is 356 g/mol. The lowest BCUT2D eigenvalue weighted by Gasteiger charge is -2.22. The molecule has 2 amide bonds. The number of carbonyl (C=O) groups excluding carboxylic acids is 2. The van der Waals surface area contributed by atoms with E-state index >= 15 is 0 Å². The van der Waals surface area contributed by atoms with Crippen molar-refractivity contribution >= 4 is 11.8 Å². The highest BCUT2D eigenvalue weighted by atomic mass is 19.1. The summed E-state index contributed by atoms with van der Waals surface area (Å²) in [6.45, 7) is 6.07. The van der Waals surface area contributed by atoms with Crippen LogP contribution in [0.5, 0.6) is 0 Å². The highest BCUT2D eigenvalue weighted by molar-refractivity contribution is 5.98.